The number of nitrogens with zero attached hydrogens (tertiary/aromatic N) is 1. The van der Waals surface area contributed by atoms with E-state index in [1.807, 2.05) is 0 Å². The fourth-order valence-electron chi connectivity index (χ4n) is 3.64. The van der Waals surface area contributed by atoms with Crippen LogP contribution in [0.3, 0.4) is 0 Å². The van der Waals surface area contributed by atoms with Crippen LogP contribution in [0.25, 0.3) is 5.76 Å². The molecule has 9 heteroatoms. The van der Waals surface area contributed by atoms with Crippen molar-refractivity contribution in [2.75, 3.05) is 4.90 Å². The van der Waals surface area contributed by atoms with E-state index in [1.54, 1.807) is 30.3 Å². The minimum atomic E-state index is -4.93. The van der Waals surface area contributed by atoms with Gasteiger partial charge in [0.15, 0.2) is 0 Å². The van der Waals surface area contributed by atoms with Crippen molar-refractivity contribution < 1.29 is 32.6 Å². The van der Waals surface area contributed by atoms with E-state index in [-0.39, 0.29) is 16.8 Å². The minimum Gasteiger partial charge on any atom is -0.507 e. The van der Waals surface area contributed by atoms with E-state index >= 15 is 0 Å². The van der Waals surface area contributed by atoms with Gasteiger partial charge in [0.1, 0.15) is 11.5 Å². The molecule has 33 heavy (non-hydrogen) atoms. The predicted octanol–water partition coefficient (Wildman–Crippen LogP) is 5.86. The number of ether oxygens (including phenoxy) is 1. The lowest BCUT2D eigenvalue weighted by Crippen LogP contribution is -2.29. The molecule has 0 aliphatic carbocycles. The van der Waals surface area contributed by atoms with Crippen LogP contribution in [0.15, 0.2) is 84.4 Å². The van der Waals surface area contributed by atoms with Crippen LogP contribution in [0.2, 0.25) is 5.02 Å². The van der Waals surface area contributed by atoms with Crippen molar-refractivity contribution in [1.29, 1.82) is 0 Å². The summed E-state index contributed by atoms with van der Waals surface area (Å²) in [6.45, 7) is 0. The summed E-state index contributed by atoms with van der Waals surface area (Å²) in [4.78, 5) is 27.1. The van der Waals surface area contributed by atoms with E-state index in [0.29, 0.717) is 10.6 Å². The molecule has 1 unspecified atom stereocenters. The van der Waals surface area contributed by atoms with Gasteiger partial charge in [-0.1, -0.05) is 48.0 Å². The van der Waals surface area contributed by atoms with Crippen LogP contribution in [-0.2, 0) is 9.59 Å². The number of amides is 1. The summed E-state index contributed by atoms with van der Waals surface area (Å²) >= 11 is 5.90. The Bertz CT molecular complexity index is 1240. The number of Topliss-reactive ketones (excluding diaryl/α,β-unsaturated/α-hetero) is 1. The number of hydrogen-bond donors (Lipinski definition) is 1. The van der Waals surface area contributed by atoms with Gasteiger partial charge in [-0.3, -0.25) is 14.5 Å². The van der Waals surface area contributed by atoms with Crippen LogP contribution >= 0.6 is 11.6 Å². The van der Waals surface area contributed by atoms with Crippen molar-refractivity contribution >= 4 is 34.7 Å². The van der Waals surface area contributed by atoms with Gasteiger partial charge in [0.05, 0.1) is 11.6 Å². The van der Waals surface area contributed by atoms with E-state index in [9.17, 15) is 27.9 Å². The Morgan fingerprint density at radius 3 is 2.24 bits per heavy atom. The van der Waals surface area contributed by atoms with Gasteiger partial charge >= 0.3 is 6.36 Å². The Balaban J connectivity index is 1.88. The molecule has 1 heterocycles. The van der Waals surface area contributed by atoms with Crippen molar-refractivity contribution in [3.8, 4) is 5.75 Å². The third kappa shape index (κ3) is 4.56. The van der Waals surface area contributed by atoms with Crippen LogP contribution in [0.1, 0.15) is 17.2 Å². The second-order valence-corrected chi connectivity index (χ2v) is 7.57. The summed E-state index contributed by atoms with van der Waals surface area (Å²) in [6, 6.07) is 18.1. The molecular weight excluding hydrogens is 459 g/mol. The average molecular weight is 474 g/mol. The number of aliphatic hydroxyl groups is 1. The van der Waals surface area contributed by atoms with Crippen molar-refractivity contribution in [1.82, 2.24) is 0 Å². The molecule has 1 amide bonds. The van der Waals surface area contributed by atoms with Gasteiger partial charge in [-0.2, -0.15) is 0 Å². The van der Waals surface area contributed by atoms with Crippen molar-refractivity contribution in [2.45, 2.75) is 12.4 Å². The largest absolute Gasteiger partial charge is 0.573 e. The quantitative estimate of drug-likeness (QED) is 0.292. The molecule has 1 aliphatic heterocycles. The van der Waals surface area contributed by atoms with Gasteiger partial charge in [-0.15, -0.1) is 13.2 Å². The summed E-state index contributed by atoms with van der Waals surface area (Å²) in [6.07, 6.45) is -4.93. The van der Waals surface area contributed by atoms with Gasteiger partial charge in [0, 0.05) is 22.3 Å². The number of aliphatic hydroxyl groups excluding tert-OH is 1. The van der Waals surface area contributed by atoms with Crippen LogP contribution in [0.4, 0.5) is 18.9 Å². The molecule has 0 aromatic heterocycles. The molecule has 168 valence electrons. The molecule has 4 rings (SSSR count). The normalized spacial score (nSPS) is 17.9. The Morgan fingerprint density at radius 1 is 0.939 bits per heavy atom. The first-order valence-electron chi connectivity index (χ1n) is 9.63. The van der Waals surface area contributed by atoms with E-state index in [1.165, 1.54) is 36.4 Å². The first kappa shape index (κ1) is 22.4. The van der Waals surface area contributed by atoms with E-state index < -0.39 is 35.6 Å². The second kappa shape index (κ2) is 8.63. The van der Waals surface area contributed by atoms with Crippen LogP contribution in [-0.4, -0.2) is 23.2 Å². The fourth-order valence-corrected chi connectivity index (χ4v) is 3.77. The average Bonchev–Trinajstić information content (AvgIpc) is 3.04. The molecular formula is C24H15ClF3NO4. The summed E-state index contributed by atoms with van der Waals surface area (Å²) in [5.41, 5.74) is 0.542. The lowest BCUT2D eigenvalue weighted by atomic mass is 9.95. The topological polar surface area (TPSA) is 66.8 Å². The fraction of sp³-hybridized carbons (Fsp3) is 0.0833. The van der Waals surface area contributed by atoms with E-state index in [2.05, 4.69) is 4.74 Å². The predicted molar refractivity (Wildman–Crippen MR) is 116 cm³/mol. The molecule has 0 spiro atoms. The zero-order chi connectivity index (χ0) is 23.8. The third-order valence-electron chi connectivity index (χ3n) is 5.01. The number of benzene rings is 3. The summed E-state index contributed by atoms with van der Waals surface area (Å²) in [5, 5.41) is 11.4. The SMILES string of the molecule is O=C1C(=O)N(c2cccc(OC(F)(F)F)c2)C(c2ccccc2)/C1=C(\O)c1ccc(Cl)cc1. The number of alkyl halides is 3. The first-order chi connectivity index (χ1) is 15.7. The zero-order valence-electron chi connectivity index (χ0n) is 16.7. The molecule has 1 fully saturated rings. The highest BCUT2D eigenvalue weighted by Crippen LogP contribution is 2.43. The molecule has 0 radical (unpaired) electrons. The first-order valence-corrected chi connectivity index (χ1v) is 10.0. The molecule has 0 saturated carbocycles. The minimum absolute atomic E-state index is 0.00265. The van der Waals surface area contributed by atoms with Gasteiger partial charge in [0.25, 0.3) is 11.7 Å². The third-order valence-corrected chi connectivity index (χ3v) is 5.26. The lowest BCUT2D eigenvalue weighted by Gasteiger charge is -2.26. The van der Waals surface area contributed by atoms with Crippen LogP contribution in [0, 0.1) is 0 Å². The molecule has 5 nitrogen and oxygen atoms in total. The van der Waals surface area contributed by atoms with Gasteiger partial charge in [-0.05, 0) is 42.0 Å². The number of anilines is 1. The van der Waals surface area contributed by atoms with E-state index in [4.69, 9.17) is 11.6 Å². The summed E-state index contributed by atoms with van der Waals surface area (Å²) in [5.74, 6) is -2.95. The number of carbonyl (C=O) groups is 2. The van der Waals surface area contributed by atoms with Gasteiger partial charge < -0.3 is 9.84 Å². The monoisotopic (exact) mass is 473 g/mol. The molecule has 3 aromatic rings. The second-order valence-electron chi connectivity index (χ2n) is 7.13. The Hall–Kier alpha value is -3.78. The molecule has 1 aliphatic rings. The maximum Gasteiger partial charge on any atom is 0.573 e. The standard InChI is InChI=1S/C24H15ClF3NO4/c25-16-11-9-15(10-12-16)21(30)19-20(14-5-2-1-3-6-14)29(23(32)22(19)31)17-7-4-8-18(13-17)33-24(26,27)28/h1-13,20,30H/b21-19+. The highest BCUT2D eigenvalue weighted by molar-refractivity contribution is 6.51. The molecule has 1 atom stereocenters. The molecule has 1 N–H and O–H groups in total. The molecule has 3 aromatic carbocycles. The lowest BCUT2D eigenvalue weighted by molar-refractivity contribution is -0.274. The van der Waals surface area contributed by atoms with Crippen LogP contribution in [0.5, 0.6) is 5.75 Å². The Labute approximate surface area is 191 Å². The number of ketones is 1. The van der Waals surface area contributed by atoms with Gasteiger partial charge in [0.2, 0.25) is 0 Å². The highest BCUT2D eigenvalue weighted by atomic mass is 35.5. The zero-order valence-corrected chi connectivity index (χ0v) is 17.5. The Kier molecular flexibility index (Phi) is 5.86. The summed E-state index contributed by atoms with van der Waals surface area (Å²) < 4.78 is 42.1. The Morgan fingerprint density at radius 2 is 1.61 bits per heavy atom. The van der Waals surface area contributed by atoms with E-state index in [0.717, 1.165) is 17.0 Å². The number of carbonyl (C=O) groups excluding carboxylic acids is 2. The number of halogens is 4. The molecule has 1 saturated heterocycles. The maximum atomic E-state index is 13.0. The highest BCUT2D eigenvalue weighted by Gasteiger charge is 2.47. The van der Waals surface area contributed by atoms with Crippen LogP contribution < -0.4 is 9.64 Å². The number of rotatable bonds is 4. The van der Waals surface area contributed by atoms with Crippen molar-refractivity contribution in [3.63, 3.8) is 0 Å². The summed E-state index contributed by atoms with van der Waals surface area (Å²) in [7, 11) is 0. The smallest absolute Gasteiger partial charge is 0.507 e. The van der Waals surface area contributed by atoms with Gasteiger partial charge in [-0.25, -0.2) is 0 Å². The van der Waals surface area contributed by atoms with Crippen molar-refractivity contribution in [3.05, 3.63) is 101 Å². The molecule has 0 bridgehead atoms. The number of hydrogen-bond acceptors (Lipinski definition) is 4. The maximum absolute atomic E-state index is 13.0. The van der Waals surface area contributed by atoms with Crippen molar-refractivity contribution in [2.24, 2.45) is 0 Å².